The summed E-state index contributed by atoms with van der Waals surface area (Å²) in [6.07, 6.45) is 5.80. The summed E-state index contributed by atoms with van der Waals surface area (Å²) in [5, 5.41) is 1.40. The molecule has 1 amide bonds. The van der Waals surface area contributed by atoms with Gasteiger partial charge in [0.25, 0.3) is 0 Å². The molecule has 0 bridgehead atoms. The molecule has 0 aliphatic carbocycles. The van der Waals surface area contributed by atoms with E-state index in [0.717, 1.165) is 15.8 Å². The Morgan fingerprint density at radius 2 is 2.37 bits per heavy atom. The van der Waals surface area contributed by atoms with Crippen LogP contribution in [0.1, 0.15) is 12.0 Å². The lowest BCUT2D eigenvalue weighted by molar-refractivity contribution is -0.117. The molecule has 1 aromatic heterocycles. The molecule has 1 saturated heterocycles. The third-order valence-corrected chi connectivity index (χ3v) is 4.78. The van der Waals surface area contributed by atoms with Crippen LogP contribution in [0.3, 0.4) is 0 Å². The Balaban J connectivity index is 2.05. The molecular formula is C14H11ClN2OS. The number of nitrogens with zero attached hydrogens (tertiary/aromatic N) is 2. The number of aryl methyl sites for hydroxylation is 1. The Bertz CT molecular complexity index is 716. The maximum Gasteiger partial charge on any atom is 0.230 e. The lowest BCUT2D eigenvalue weighted by atomic mass is 10.1. The lowest BCUT2D eigenvalue weighted by Gasteiger charge is -2.10. The fourth-order valence-electron chi connectivity index (χ4n) is 2.21. The third-order valence-electron chi connectivity index (χ3n) is 3.33. The smallest absolute Gasteiger partial charge is 0.230 e. The second-order valence-electron chi connectivity index (χ2n) is 4.59. The topological polar surface area (TPSA) is 33.2 Å². The van der Waals surface area contributed by atoms with Gasteiger partial charge in [0.05, 0.1) is 10.2 Å². The number of thiazole rings is 1. The third kappa shape index (κ3) is 1.99. The number of halogens is 1. The number of benzene rings is 1. The summed E-state index contributed by atoms with van der Waals surface area (Å²) in [5.41, 5.74) is 1.81. The number of rotatable bonds is 1. The molecule has 19 heavy (non-hydrogen) atoms. The van der Waals surface area contributed by atoms with Crippen LogP contribution in [-0.4, -0.2) is 17.4 Å². The van der Waals surface area contributed by atoms with Gasteiger partial charge >= 0.3 is 0 Å². The molecular weight excluding hydrogens is 280 g/mol. The number of hydrogen-bond acceptors (Lipinski definition) is 3. The van der Waals surface area contributed by atoms with Gasteiger partial charge in [0, 0.05) is 23.9 Å². The van der Waals surface area contributed by atoms with E-state index in [1.165, 1.54) is 11.3 Å². The first-order valence-electron chi connectivity index (χ1n) is 5.92. The molecule has 2 heterocycles. The van der Waals surface area contributed by atoms with Gasteiger partial charge in [-0.2, -0.15) is 0 Å². The summed E-state index contributed by atoms with van der Waals surface area (Å²) in [5.74, 6) is 2.68. The Morgan fingerprint density at radius 1 is 1.58 bits per heavy atom. The number of amides is 1. The van der Waals surface area contributed by atoms with E-state index in [0.29, 0.717) is 23.1 Å². The van der Waals surface area contributed by atoms with Gasteiger partial charge < -0.3 is 0 Å². The Labute approximate surface area is 120 Å². The maximum absolute atomic E-state index is 11.9. The molecule has 1 aliphatic rings. The molecule has 3 rings (SSSR count). The fraction of sp³-hybridized carbons (Fsp3) is 0.286. The van der Waals surface area contributed by atoms with Crippen LogP contribution in [0, 0.1) is 25.2 Å². The van der Waals surface area contributed by atoms with Crippen LogP contribution in [-0.2, 0) is 4.79 Å². The van der Waals surface area contributed by atoms with E-state index >= 15 is 0 Å². The Hall–Kier alpha value is -1.57. The van der Waals surface area contributed by atoms with Crippen LogP contribution in [0.25, 0.3) is 10.2 Å². The van der Waals surface area contributed by atoms with Crippen LogP contribution in [0.2, 0.25) is 5.02 Å². The van der Waals surface area contributed by atoms with E-state index in [-0.39, 0.29) is 11.8 Å². The predicted octanol–water partition coefficient (Wildman–Crippen LogP) is 3.24. The van der Waals surface area contributed by atoms with Crippen molar-refractivity contribution < 1.29 is 4.79 Å². The van der Waals surface area contributed by atoms with Crippen molar-refractivity contribution in [3.63, 3.8) is 0 Å². The van der Waals surface area contributed by atoms with E-state index in [4.69, 9.17) is 18.0 Å². The minimum Gasteiger partial charge on any atom is -0.287 e. The zero-order valence-electron chi connectivity index (χ0n) is 10.3. The highest BCUT2D eigenvalue weighted by atomic mass is 35.5. The lowest BCUT2D eigenvalue weighted by Crippen LogP contribution is -2.24. The highest BCUT2D eigenvalue weighted by Crippen LogP contribution is 2.35. The predicted molar refractivity (Wildman–Crippen MR) is 78.7 cm³/mol. The molecule has 5 heteroatoms. The van der Waals surface area contributed by atoms with Crippen molar-refractivity contribution in [1.29, 1.82) is 0 Å². The van der Waals surface area contributed by atoms with E-state index in [1.54, 1.807) is 4.90 Å². The van der Waals surface area contributed by atoms with Gasteiger partial charge in [0.15, 0.2) is 5.13 Å². The van der Waals surface area contributed by atoms with Gasteiger partial charge in [-0.3, -0.25) is 9.69 Å². The molecule has 0 saturated carbocycles. The van der Waals surface area contributed by atoms with Crippen molar-refractivity contribution in [2.45, 2.75) is 13.3 Å². The summed E-state index contributed by atoms with van der Waals surface area (Å²) in [4.78, 5) is 18.2. The summed E-state index contributed by atoms with van der Waals surface area (Å²) in [6.45, 7) is 2.49. The van der Waals surface area contributed by atoms with Gasteiger partial charge in [-0.25, -0.2) is 4.98 Å². The SMILES string of the molecule is C#CC1CC(=O)N(c2nc3c(C)c(Cl)ccc3s2)C1. The van der Waals surface area contributed by atoms with Crippen molar-refractivity contribution >= 4 is 44.2 Å². The average molecular weight is 291 g/mol. The molecule has 0 spiro atoms. The summed E-state index contributed by atoms with van der Waals surface area (Å²) in [7, 11) is 0. The Kier molecular flexibility index (Phi) is 2.96. The van der Waals surface area contributed by atoms with Crippen molar-refractivity contribution in [3.05, 3.63) is 22.7 Å². The number of carbonyl (C=O) groups excluding carboxylic acids is 1. The fourth-order valence-corrected chi connectivity index (χ4v) is 3.41. The first-order valence-corrected chi connectivity index (χ1v) is 7.11. The van der Waals surface area contributed by atoms with Crippen molar-refractivity contribution in [1.82, 2.24) is 4.98 Å². The average Bonchev–Trinajstić information content (AvgIpc) is 2.97. The molecule has 1 unspecified atom stereocenters. The Morgan fingerprint density at radius 3 is 3.05 bits per heavy atom. The summed E-state index contributed by atoms with van der Waals surface area (Å²) in [6, 6.07) is 3.79. The molecule has 0 N–H and O–H groups in total. The standard InChI is InChI=1S/C14H11ClN2OS/c1-3-9-6-12(18)17(7-9)14-16-13-8(2)10(15)4-5-11(13)19-14/h1,4-5,9H,6-7H2,2H3. The van der Waals surface area contributed by atoms with Gasteiger partial charge in [-0.15, -0.1) is 12.3 Å². The quantitative estimate of drug-likeness (QED) is 0.756. The van der Waals surface area contributed by atoms with Crippen LogP contribution >= 0.6 is 22.9 Å². The number of hydrogen-bond donors (Lipinski definition) is 0. The molecule has 1 aliphatic heterocycles. The summed E-state index contributed by atoms with van der Waals surface area (Å²) >= 11 is 7.59. The number of fused-ring (bicyclic) bond motifs is 1. The van der Waals surface area contributed by atoms with E-state index < -0.39 is 0 Å². The number of anilines is 1. The number of carbonyl (C=O) groups is 1. The molecule has 1 atom stereocenters. The second kappa shape index (κ2) is 4.52. The normalized spacial score (nSPS) is 19.1. The minimum absolute atomic E-state index is 0.0100. The van der Waals surface area contributed by atoms with Crippen molar-refractivity contribution in [3.8, 4) is 12.3 Å². The molecule has 2 aromatic rings. The van der Waals surface area contributed by atoms with Gasteiger partial charge in [-0.05, 0) is 24.6 Å². The largest absolute Gasteiger partial charge is 0.287 e. The zero-order valence-corrected chi connectivity index (χ0v) is 11.9. The maximum atomic E-state index is 11.9. The van der Waals surface area contributed by atoms with Crippen LogP contribution < -0.4 is 4.90 Å². The molecule has 0 radical (unpaired) electrons. The van der Waals surface area contributed by atoms with E-state index in [9.17, 15) is 4.79 Å². The van der Waals surface area contributed by atoms with Gasteiger partial charge in [0.1, 0.15) is 0 Å². The summed E-state index contributed by atoms with van der Waals surface area (Å²) < 4.78 is 1.04. The number of terminal acetylenes is 1. The number of aromatic nitrogens is 1. The highest BCUT2D eigenvalue weighted by Gasteiger charge is 2.31. The second-order valence-corrected chi connectivity index (χ2v) is 6.00. The van der Waals surface area contributed by atoms with Gasteiger partial charge in [0.2, 0.25) is 5.91 Å². The van der Waals surface area contributed by atoms with Gasteiger partial charge in [-0.1, -0.05) is 22.9 Å². The van der Waals surface area contributed by atoms with Crippen LogP contribution in [0.4, 0.5) is 5.13 Å². The highest BCUT2D eigenvalue weighted by molar-refractivity contribution is 7.22. The van der Waals surface area contributed by atoms with E-state index in [2.05, 4.69) is 10.9 Å². The molecule has 1 aromatic carbocycles. The van der Waals surface area contributed by atoms with E-state index in [1.807, 2.05) is 19.1 Å². The van der Waals surface area contributed by atoms with Crippen molar-refractivity contribution in [2.75, 3.05) is 11.4 Å². The molecule has 1 fully saturated rings. The first-order chi connectivity index (χ1) is 9.10. The minimum atomic E-state index is -0.0100. The first kappa shape index (κ1) is 12.5. The van der Waals surface area contributed by atoms with Crippen LogP contribution in [0.15, 0.2) is 12.1 Å². The van der Waals surface area contributed by atoms with Crippen molar-refractivity contribution in [2.24, 2.45) is 5.92 Å². The molecule has 96 valence electrons. The molecule has 3 nitrogen and oxygen atoms in total. The van der Waals surface area contributed by atoms with Crippen LogP contribution in [0.5, 0.6) is 0 Å². The zero-order chi connectivity index (χ0) is 13.6. The monoisotopic (exact) mass is 290 g/mol.